The van der Waals surface area contributed by atoms with Crippen molar-refractivity contribution in [2.75, 3.05) is 6.61 Å². The van der Waals surface area contributed by atoms with Gasteiger partial charge in [-0.15, -0.1) is 22.7 Å². The van der Waals surface area contributed by atoms with Crippen LogP contribution in [0.2, 0.25) is 0 Å². The monoisotopic (exact) mass is 432 g/mol. The maximum absolute atomic E-state index is 11.7. The summed E-state index contributed by atoms with van der Waals surface area (Å²) in [5, 5.41) is 11.5. The minimum absolute atomic E-state index is 0.133. The Morgan fingerprint density at radius 2 is 1.48 bits per heavy atom. The molecule has 0 saturated heterocycles. The Morgan fingerprint density at radius 3 is 2.00 bits per heavy atom. The number of aliphatic hydroxyl groups excluding tert-OH is 1. The van der Waals surface area contributed by atoms with Gasteiger partial charge in [0, 0.05) is 39.3 Å². The molecule has 4 rings (SSSR count). The lowest BCUT2D eigenvalue weighted by atomic mass is 10.3. The maximum Gasteiger partial charge on any atom is 0.354 e. The summed E-state index contributed by atoms with van der Waals surface area (Å²) in [5.41, 5.74) is 1.68. The van der Waals surface area contributed by atoms with Crippen molar-refractivity contribution >= 4 is 49.1 Å². The standard InChI is InChI=1S/C12H15NO2S.C10H13NOS/c1-4-13-10(12(14)15-5-2)7-9-6-8(3)16-11(9)13;1-3-11-9(6-12)5-8-4-7(2)13-10(8)11/h6-7H,4-5H2,1-3H3;4-5,12H,3,6H2,1-2H3. The van der Waals surface area contributed by atoms with Crippen LogP contribution in [-0.4, -0.2) is 26.8 Å². The zero-order valence-corrected chi connectivity index (χ0v) is 19.2. The summed E-state index contributed by atoms with van der Waals surface area (Å²) in [6, 6.07) is 8.27. The number of hydrogen-bond donors (Lipinski definition) is 1. The van der Waals surface area contributed by atoms with Crippen LogP contribution in [0.5, 0.6) is 0 Å². The summed E-state index contributed by atoms with van der Waals surface area (Å²) in [7, 11) is 0. The first-order chi connectivity index (χ1) is 13.9. The number of esters is 1. The molecule has 0 aliphatic rings. The summed E-state index contributed by atoms with van der Waals surface area (Å²) in [6.07, 6.45) is 0. The summed E-state index contributed by atoms with van der Waals surface area (Å²) < 4.78 is 9.24. The Kier molecular flexibility index (Phi) is 6.82. The number of carbonyl (C=O) groups is 1. The molecule has 0 unspecified atom stereocenters. The van der Waals surface area contributed by atoms with E-state index in [1.807, 2.05) is 24.5 Å². The fraction of sp³-hybridized carbons (Fsp3) is 0.409. The quantitative estimate of drug-likeness (QED) is 0.410. The van der Waals surface area contributed by atoms with Crippen molar-refractivity contribution in [1.82, 2.24) is 9.13 Å². The second kappa shape index (κ2) is 9.15. The van der Waals surface area contributed by atoms with Gasteiger partial charge in [0.05, 0.1) is 13.2 Å². The minimum Gasteiger partial charge on any atom is -0.461 e. The molecule has 0 bridgehead atoms. The molecule has 0 aromatic carbocycles. The molecule has 4 heterocycles. The van der Waals surface area contributed by atoms with Crippen LogP contribution in [-0.2, 0) is 24.4 Å². The normalized spacial score (nSPS) is 11.1. The van der Waals surface area contributed by atoms with Gasteiger partial charge in [0.1, 0.15) is 15.4 Å². The summed E-state index contributed by atoms with van der Waals surface area (Å²) in [6.45, 7) is 12.4. The Bertz CT molecular complexity index is 1130. The van der Waals surface area contributed by atoms with E-state index in [2.05, 4.69) is 43.5 Å². The third-order valence-corrected chi connectivity index (χ3v) is 6.93. The predicted molar refractivity (Wildman–Crippen MR) is 122 cm³/mol. The molecule has 0 atom stereocenters. The first kappa shape index (κ1) is 21.6. The third-order valence-electron chi connectivity index (χ3n) is 4.75. The molecule has 7 heteroatoms. The molecular formula is C22H28N2O3S2. The molecule has 0 saturated carbocycles. The highest BCUT2D eigenvalue weighted by Gasteiger charge is 2.17. The van der Waals surface area contributed by atoms with E-state index in [9.17, 15) is 4.79 Å². The zero-order chi connectivity index (χ0) is 21.1. The van der Waals surface area contributed by atoms with Crippen molar-refractivity contribution < 1.29 is 14.6 Å². The Hall–Kier alpha value is -2.09. The molecule has 0 aliphatic carbocycles. The van der Waals surface area contributed by atoms with Gasteiger partial charge < -0.3 is 19.0 Å². The lowest BCUT2D eigenvalue weighted by molar-refractivity contribution is 0.0514. The van der Waals surface area contributed by atoms with Gasteiger partial charge in [0.25, 0.3) is 0 Å². The van der Waals surface area contributed by atoms with E-state index in [4.69, 9.17) is 9.84 Å². The van der Waals surface area contributed by atoms with Crippen LogP contribution in [0.25, 0.3) is 20.4 Å². The SMILES string of the molecule is CCOC(=O)c1cc2cc(C)sc2n1CC.CCn1c(CO)cc2cc(C)sc21. The number of thiophene rings is 2. The molecule has 0 aliphatic heterocycles. The van der Waals surface area contributed by atoms with E-state index < -0.39 is 0 Å². The summed E-state index contributed by atoms with van der Waals surface area (Å²) in [4.78, 5) is 16.8. The number of carbonyl (C=O) groups excluding carboxylic acids is 1. The van der Waals surface area contributed by atoms with Crippen molar-refractivity contribution in [2.45, 2.75) is 54.3 Å². The molecule has 4 aromatic rings. The smallest absolute Gasteiger partial charge is 0.354 e. The van der Waals surface area contributed by atoms with Crippen LogP contribution in [0.4, 0.5) is 0 Å². The second-order valence-corrected chi connectivity index (χ2v) is 9.24. The van der Waals surface area contributed by atoms with Gasteiger partial charge in [0.2, 0.25) is 0 Å². The molecule has 156 valence electrons. The van der Waals surface area contributed by atoms with E-state index in [0.717, 1.165) is 29.0 Å². The number of fused-ring (bicyclic) bond motifs is 2. The first-order valence-electron chi connectivity index (χ1n) is 9.89. The van der Waals surface area contributed by atoms with Crippen LogP contribution in [0.1, 0.15) is 46.7 Å². The first-order valence-corrected chi connectivity index (χ1v) is 11.5. The molecule has 4 aromatic heterocycles. The third kappa shape index (κ3) is 4.27. The predicted octanol–water partition coefficient (Wildman–Crippen LogP) is 5.73. The number of aromatic nitrogens is 2. The van der Waals surface area contributed by atoms with Crippen LogP contribution in [0.15, 0.2) is 24.3 Å². The van der Waals surface area contributed by atoms with Crippen molar-refractivity contribution in [1.29, 1.82) is 0 Å². The van der Waals surface area contributed by atoms with E-state index >= 15 is 0 Å². The molecule has 5 nitrogen and oxygen atoms in total. The number of nitrogens with zero attached hydrogens (tertiary/aromatic N) is 2. The molecule has 29 heavy (non-hydrogen) atoms. The van der Waals surface area contributed by atoms with E-state index in [0.29, 0.717) is 12.3 Å². The van der Waals surface area contributed by atoms with Crippen LogP contribution in [0, 0.1) is 13.8 Å². The zero-order valence-electron chi connectivity index (χ0n) is 17.6. The highest BCUT2D eigenvalue weighted by molar-refractivity contribution is 7.19. The number of aryl methyl sites for hydroxylation is 4. The van der Waals surface area contributed by atoms with Crippen molar-refractivity contribution in [2.24, 2.45) is 0 Å². The largest absolute Gasteiger partial charge is 0.461 e. The lowest BCUT2D eigenvalue weighted by Crippen LogP contribution is -2.10. The number of ether oxygens (including phenoxy) is 1. The Labute approximate surface area is 179 Å². The number of aliphatic hydroxyl groups is 1. The minimum atomic E-state index is -0.231. The van der Waals surface area contributed by atoms with Crippen LogP contribution in [0.3, 0.4) is 0 Å². The van der Waals surface area contributed by atoms with Gasteiger partial charge in [-0.05, 0) is 58.9 Å². The lowest BCUT2D eigenvalue weighted by Gasteiger charge is -2.05. The van der Waals surface area contributed by atoms with Gasteiger partial charge in [-0.25, -0.2) is 4.79 Å². The highest BCUT2D eigenvalue weighted by atomic mass is 32.1. The van der Waals surface area contributed by atoms with E-state index in [-0.39, 0.29) is 12.6 Å². The maximum atomic E-state index is 11.7. The van der Waals surface area contributed by atoms with E-state index in [1.165, 1.54) is 20.0 Å². The topological polar surface area (TPSA) is 56.4 Å². The fourth-order valence-corrected chi connectivity index (χ4v) is 5.71. The second-order valence-electron chi connectivity index (χ2n) is 6.77. The molecule has 0 radical (unpaired) electrons. The average molecular weight is 433 g/mol. The summed E-state index contributed by atoms with van der Waals surface area (Å²) >= 11 is 3.51. The molecule has 1 N–H and O–H groups in total. The van der Waals surface area contributed by atoms with Crippen molar-refractivity contribution in [3.8, 4) is 0 Å². The molecule has 0 amide bonds. The van der Waals surface area contributed by atoms with Crippen LogP contribution < -0.4 is 0 Å². The number of hydrogen-bond acceptors (Lipinski definition) is 5. The molecular weight excluding hydrogens is 404 g/mol. The fourth-order valence-electron chi connectivity index (χ4n) is 3.56. The molecule has 0 fully saturated rings. The van der Waals surface area contributed by atoms with Gasteiger partial charge >= 0.3 is 5.97 Å². The van der Waals surface area contributed by atoms with Gasteiger partial charge in [-0.3, -0.25) is 0 Å². The van der Waals surface area contributed by atoms with Crippen molar-refractivity contribution in [3.05, 3.63) is 45.4 Å². The Morgan fingerprint density at radius 1 is 0.931 bits per heavy atom. The van der Waals surface area contributed by atoms with E-state index in [1.54, 1.807) is 22.7 Å². The van der Waals surface area contributed by atoms with Crippen LogP contribution >= 0.6 is 22.7 Å². The van der Waals surface area contributed by atoms with Gasteiger partial charge in [-0.1, -0.05) is 0 Å². The summed E-state index contributed by atoms with van der Waals surface area (Å²) in [5.74, 6) is -0.231. The van der Waals surface area contributed by atoms with Gasteiger partial charge in [-0.2, -0.15) is 0 Å². The highest BCUT2D eigenvalue weighted by Crippen LogP contribution is 2.29. The number of rotatable bonds is 5. The average Bonchev–Trinajstić information content (AvgIpc) is 3.39. The molecule has 0 spiro atoms. The van der Waals surface area contributed by atoms with Crippen molar-refractivity contribution in [3.63, 3.8) is 0 Å². The van der Waals surface area contributed by atoms with Gasteiger partial charge in [0.15, 0.2) is 0 Å². The Balaban J connectivity index is 0.000000169.